The Morgan fingerprint density at radius 2 is 2.05 bits per heavy atom. The number of hydrogen-bond acceptors (Lipinski definition) is 2. The Kier molecular flexibility index (Phi) is 5.01. The van der Waals surface area contributed by atoms with Gasteiger partial charge in [-0.15, -0.1) is 0 Å². The summed E-state index contributed by atoms with van der Waals surface area (Å²) >= 11 is 12.2. The molecule has 6 heteroatoms. The number of aromatic nitrogens is 2. The van der Waals surface area contributed by atoms with Gasteiger partial charge in [-0.3, -0.25) is 9.48 Å². The van der Waals surface area contributed by atoms with Crippen LogP contribution in [0.1, 0.15) is 35.6 Å². The van der Waals surface area contributed by atoms with E-state index in [1.165, 1.54) is 12.1 Å². The van der Waals surface area contributed by atoms with Gasteiger partial charge in [-0.05, 0) is 31.5 Å². The van der Waals surface area contributed by atoms with Crippen molar-refractivity contribution in [2.24, 2.45) is 0 Å². The van der Waals surface area contributed by atoms with Crippen molar-refractivity contribution in [2.75, 3.05) is 0 Å². The number of carbonyl (C=O) groups excluding carboxylic acids is 1. The zero-order valence-electron chi connectivity index (χ0n) is 11.8. The molecule has 1 aromatic carbocycles. The number of nitrogens with zero attached hydrogens (tertiary/aromatic N) is 2. The average Bonchev–Trinajstić information content (AvgIpc) is 2.75. The largest absolute Gasteiger partial charge is 0.294 e. The highest BCUT2D eigenvalue weighted by molar-refractivity contribution is 6.34. The van der Waals surface area contributed by atoms with Gasteiger partial charge in [0.2, 0.25) is 0 Å². The van der Waals surface area contributed by atoms with Crippen molar-refractivity contribution in [1.29, 1.82) is 0 Å². The van der Waals surface area contributed by atoms with Gasteiger partial charge in [-0.1, -0.05) is 30.1 Å². The number of rotatable bonds is 5. The molecule has 0 N–H and O–H groups in total. The summed E-state index contributed by atoms with van der Waals surface area (Å²) in [6.07, 6.45) is 0.787. The highest BCUT2D eigenvalue weighted by Gasteiger charge is 2.19. The molecule has 0 atom stereocenters. The fourth-order valence-corrected chi connectivity index (χ4v) is 2.76. The zero-order valence-corrected chi connectivity index (χ0v) is 13.3. The molecule has 0 unspecified atom stereocenters. The molecule has 0 amide bonds. The lowest BCUT2D eigenvalue weighted by Gasteiger charge is -2.06. The van der Waals surface area contributed by atoms with Crippen LogP contribution in [0, 0.1) is 5.82 Å². The second-order valence-electron chi connectivity index (χ2n) is 4.60. The van der Waals surface area contributed by atoms with Gasteiger partial charge in [-0.2, -0.15) is 5.10 Å². The van der Waals surface area contributed by atoms with Crippen LogP contribution in [0.15, 0.2) is 18.2 Å². The van der Waals surface area contributed by atoms with Crippen molar-refractivity contribution in [2.45, 2.75) is 33.2 Å². The fraction of sp³-hybridized carbons (Fsp3) is 0.333. The number of aryl methyl sites for hydroxylation is 2. The molecule has 0 radical (unpaired) electrons. The Balaban J connectivity index is 2.33. The third kappa shape index (κ3) is 3.27. The maximum absolute atomic E-state index is 13.0. The van der Waals surface area contributed by atoms with Crippen LogP contribution in [-0.4, -0.2) is 15.6 Å². The lowest BCUT2D eigenvalue weighted by molar-refractivity contribution is 0.0990. The molecule has 2 rings (SSSR count). The number of hydrogen-bond donors (Lipinski definition) is 0. The van der Waals surface area contributed by atoms with Crippen LogP contribution in [0.3, 0.4) is 0 Å². The van der Waals surface area contributed by atoms with Crippen LogP contribution in [0.5, 0.6) is 0 Å². The summed E-state index contributed by atoms with van der Waals surface area (Å²) in [5, 5.41) is 4.99. The molecule has 1 aromatic heterocycles. The van der Waals surface area contributed by atoms with Crippen molar-refractivity contribution in [3.63, 3.8) is 0 Å². The Bertz CT molecular complexity index is 683. The standard InChI is InChI=1S/C15H15Cl2FN2O/c1-3-12-15(17)13(20(4-2)19-12)8-14(21)10-6-5-9(18)7-11(10)16/h5-7H,3-4,8H2,1-2H3. The first-order valence-corrected chi connectivity index (χ1v) is 7.45. The highest BCUT2D eigenvalue weighted by Crippen LogP contribution is 2.25. The summed E-state index contributed by atoms with van der Waals surface area (Å²) in [6, 6.07) is 3.74. The van der Waals surface area contributed by atoms with Crippen LogP contribution in [0.4, 0.5) is 4.39 Å². The van der Waals surface area contributed by atoms with E-state index in [2.05, 4.69) is 5.10 Å². The van der Waals surface area contributed by atoms with Gasteiger partial charge >= 0.3 is 0 Å². The predicted octanol–water partition coefficient (Wildman–Crippen LogP) is 4.34. The van der Waals surface area contributed by atoms with Crippen molar-refractivity contribution in [3.05, 3.63) is 51.0 Å². The Morgan fingerprint density at radius 1 is 1.33 bits per heavy atom. The maximum Gasteiger partial charge on any atom is 0.170 e. The van der Waals surface area contributed by atoms with Gasteiger partial charge in [0.05, 0.1) is 27.9 Å². The SMILES string of the molecule is CCc1nn(CC)c(CC(=O)c2ccc(F)cc2Cl)c1Cl. The van der Waals surface area contributed by atoms with Crippen molar-refractivity contribution in [1.82, 2.24) is 9.78 Å². The van der Waals surface area contributed by atoms with E-state index in [1.807, 2.05) is 13.8 Å². The monoisotopic (exact) mass is 328 g/mol. The molecule has 21 heavy (non-hydrogen) atoms. The van der Waals surface area contributed by atoms with Gasteiger partial charge in [0.1, 0.15) is 5.82 Å². The Hall–Kier alpha value is -1.39. The fourth-order valence-electron chi connectivity index (χ4n) is 2.15. The van der Waals surface area contributed by atoms with Gasteiger partial charge < -0.3 is 0 Å². The molecule has 112 valence electrons. The summed E-state index contributed by atoms with van der Waals surface area (Å²) < 4.78 is 14.8. The predicted molar refractivity (Wildman–Crippen MR) is 81.7 cm³/mol. The topological polar surface area (TPSA) is 34.9 Å². The van der Waals surface area contributed by atoms with E-state index < -0.39 is 5.82 Å². The molecule has 1 heterocycles. The molecule has 0 aliphatic carbocycles. The minimum Gasteiger partial charge on any atom is -0.294 e. The molecular weight excluding hydrogens is 314 g/mol. The van der Waals surface area contributed by atoms with Gasteiger partial charge in [-0.25, -0.2) is 4.39 Å². The first-order valence-electron chi connectivity index (χ1n) is 6.70. The third-order valence-electron chi connectivity index (χ3n) is 3.25. The highest BCUT2D eigenvalue weighted by atomic mass is 35.5. The van der Waals surface area contributed by atoms with E-state index in [1.54, 1.807) is 4.68 Å². The molecule has 3 nitrogen and oxygen atoms in total. The van der Waals surface area contributed by atoms with Crippen LogP contribution >= 0.6 is 23.2 Å². The number of ketones is 1. The first kappa shape index (κ1) is 16.0. The Labute approximate surface area is 132 Å². The van der Waals surface area contributed by atoms with E-state index in [4.69, 9.17) is 23.2 Å². The quantitative estimate of drug-likeness (QED) is 0.765. The second kappa shape index (κ2) is 6.58. The number of benzene rings is 1. The van der Waals surface area contributed by atoms with Crippen molar-refractivity contribution >= 4 is 29.0 Å². The van der Waals surface area contributed by atoms with E-state index in [9.17, 15) is 9.18 Å². The normalized spacial score (nSPS) is 10.9. The summed E-state index contributed by atoms with van der Waals surface area (Å²) in [4.78, 5) is 12.4. The molecule has 2 aromatic rings. The molecular formula is C15H15Cl2FN2O. The average molecular weight is 329 g/mol. The minimum atomic E-state index is -0.471. The smallest absolute Gasteiger partial charge is 0.170 e. The lowest BCUT2D eigenvalue weighted by atomic mass is 10.1. The van der Waals surface area contributed by atoms with E-state index in [0.29, 0.717) is 23.7 Å². The van der Waals surface area contributed by atoms with Crippen LogP contribution in [0.25, 0.3) is 0 Å². The molecule has 0 fully saturated rings. The molecule has 0 saturated carbocycles. The summed E-state index contributed by atoms with van der Waals surface area (Å²) in [7, 11) is 0. The van der Waals surface area contributed by atoms with E-state index in [-0.39, 0.29) is 22.8 Å². The van der Waals surface area contributed by atoms with Crippen molar-refractivity contribution < 1.29 is 9.18 Å². The second-order valence-corrected chi connectivity index (χ2v) is 5.39. The third-order valence-corrected chi connectivity index (χ3v) is 4.00. The Morgan fingerprint density at radius 3 is 2.62 bits per heavy atom. The van der Waals surface area contributed by atoms with Crippen LogP contribution in [0.2, 0.25) is 10.0 Å². The summed E-state index contributed by atoms with van der Waals surface area (Å²) in [5.41, 5.74) is 1.73. The summed E-state index contributed by atoms with van der Waals surface area (Å²) in [6.45, 7) is 4.51. The van der Waals surface area contributed by atoms with Crippen molar-refractivity contribution in [3.8, 4) is 0 Å². The minimum absolute atomic E-state index is 0.0883. The van der Waals surface area contributed by atoms with E-state index >= 15 is 0 Å². The van der Waals surface area contributed by atoms with Gasteiger partial charge in [0, 0.05) is 12.1 Å². The molecule has 0 saturated heterocycles. The maximum atomic E-state index is 13.0. The molecule has 0 aliphatic rings. The molecule has 0 spiro atoms. The molecule has 0 bridgehead atoms. The van der Waals surface area contributed by atoms with Crippen LogP contribution in [-0.2, 0) is 19.4 Å². The number of carbonyl (C=O) groups is 1. The number of Topliss-reactive ketones (excluding diaryl/α,β-unsaturated/α-hetero) is 1. The molecule has 0 aliphatic heterocycles. The lowest BCUT2D eigenvalue weighted by Crippen LogP contribution is -2.10. The van der Waals surface area contributed by atoms with Gasteiger partial charge in [0.15, 0.2) is 5.78 Å². The summed E-state index contributed by atoms with van der Waals surface area (Å²) in [5.74, 6) is -0.680. The van der Waals surface area contributed by atoms with E-state index in [0.717, 1.165) is 11.8 Å². The van der Waals surface area contributed by atoms with Gasteiger partial charge in [0.25, 0.3) is 0 Å². The number of halogens is 3. The van der Waals surface area contributed by atoms with Crippen LogP contribution < -0.4 is 0 Å². The zero-order chi connectivity index (χ0) is 15.6. The first-order chi connectivity index (χ1) is 9.97.